The molecule has 0 aromatic rings. The number of rotatable bonds is 3. The van der Waals surface area contributed by atoms with E-state index in [1.807, 2.05) is 0 Å². The summed E-state index contributed by atoms with van der Waals surface area (Å²) in [5, 5.41) is 0. The van der Waals surface area contributed by atoms with Crippen LogP contribution in [0, 0.1) is 29.1 Å². The van der Waals surface area contributed by atoms with Crippen molar-refractivity contribution in [3.8, 4) is 0 Å². The Bertz CT molecular complexity index is 192. The summed E-state index contributed by atoms with van der Waals surface area (Å²) in [5.41, 5.74) is 0.658. The van der Waals surface area contributed by atoms with Crippen LogP contribution in [0.25, 0.3) is 0 Å². The third-order valence-corrected chi connectivity index (χ3v) is 5.22. The van der Waals surface area contributed by atoms with Crippen molar-refractivity contribution < 1.29 is 0 Å². The van der Waals surface area contributed by atoms with E-state index in [0.717, 1.165) is 23.7 Å². The summed E-state index contributed by atoms with van der Waals surface area (Å²) in [6.45, 7) is 14.5. The monoisotopic (exact) mass is 210 g/mol. The Morgan fingerprint density at radius 2 is 1.80 bits per heavy atom. The quantitative estimate of drug-likeness (QED) is 0.605. The Morgan fingerprint density at radius 3 is 2.13 bits per heavy atom. The second kappa shape index (κ2) is 4.89. The summed E-state index contributed by atoms with van der Waals surface area (Å²) >= 11 is 0. The lowest BCUT2D eigenvalue weighted by Gasteiger charge is -2.47. The molecule has 0 N–H and O–H groups in total. The molecule has 1 saturated carbocycles. The lowest BCUT2D eigenvalue weighted by atomic mass is 9.58. The van der Waals surface area contributed by atoms with Gasteiger partial charge in [-0.1, -0.05) is 48.0 Å². The van der Waals surface area contributed by atoms with Gasteiger partial charge in [0.25, 0.3) is 0 Å². The molecule has 0 spiro atoms. The SMILES string of the molecule is CCC1(C(C)C)CCC(C(C)C)C(C)C1. The molecule has 1 aliphatic carbocycles. The van der Waals surface area contributed by atoms with Gasteiger partial charge < -0.3 is 0 Å². The normalized spacial score (nSPS) is 37.6. The van der Waals surface area contributed by atoms with Crippen LogP contribution in [0.5, 0.6) is 0 Å². The van der Waals surface area contributed by atoms with Gasteiger partial charge in [-0.05, 0) is 48.3 Å². The highest BCUT2D eigenvalue weighted by atomic mass is 14.5. The summed E-state index contributed by atoms with van der Waals surface area (Å²) in [7, 11) is 0. The molecule has 3 unspecified atom stereocenters. The van der Waals surface area contributed by atoms with Gasteiger partial charge in [-0.15, -0.1) is 0 Å². The first-order chi connectivity index (χ1) is 6.93. The highest BCUT2D eigenvalue weighted by Gasteiger charge is 2.40. The second-order valence-corrected chi connectivity index (χ2v) is 6.50. The van der Waals surface area contributed by atoms with Gasteiger partial charge in [0.1, 0.15) is 0 Å². The van der Waals surface area contributed by atoms with E-state index in [9.17, 15) is 0 Å². The summed E-state index contributed by atoms with van der Waals surface area (Å²) in [6.07, 6.45) is 5.77. The van der Waals surface area contributed by atoms with Crippen LogP contribution in [0.15, 0.2) is 0 Å². The third kappa shape index (κ3) is 2.57. The van der Waals surface area contributed by atoms with E-state index >= 15 is 0 Å². The van der Waals surface area contributed by atoms with Crippen LogP contribution in [0.2, 0.25) is 0 Å². The summed E-state index contributed by atoms with van der Waals surface area (Å²) in [4.78, 5) is 0. The van der Waals surface area contributed by atoms with Crippen LogP contribution in [-0.4, -0.2) is 0 Å². The molecule has 15 heavy (non-hydrogen) atoms. The molecule has 0 amide bonds. The molecule has 1 aliphatic rings. The van der Waals surface area contributed by atoms with E-state index < -0.39 is 0 Å². The molecule has 0 nitrogen and oxygen atoms in total. The fraction of sp³-hybridized carbons (Fsp3) is 1.00. The van der Waals surface area contributed by atoms with Crippen molar-refractivity contribution >= 4 is 0 Å². The van der Waals surface area contributed by atoms with Crippen molar-refractivity contribution in [2.75, 3.05) is 0 Å². The lowest BCUT2D eigenvalue weighted by molar-refractivity contribution is 0.0312. The van der Waals surface area contributed by atoms with E-state index in [-0.39, 0.29) is 0 Å². The van der Waals surface area contributed by atoms with E-state index in [1.165, 1.54) is 25.7 Å². The van der Waals surface area contributed by atoms with Crippen LogP contribution in [0.4, 0.5) is 0 Å². The molecular formula is C15H30. The van der Waals surface area contributed by atoms with Gasteiger partial charge in [-0.3, -0.25) is 0 Å². The smallest absolute Gasteiger partial charge is 0.0274 e. The van der Waals surface area contributed by atoms with Gasteiger partial charge in [0, 0.05) is 0 Å². The van der Waals surface area contributed by atoms with Crippen molar-refractivity contribution in [3.05, 3.63) is 0 Å². The maximum atomic E-state index is 2.48. The molecule has 0 aromatic carbocycles. The molecule has 0 bridgehead atoms. The van der Waals surface area contributed by atoms with E-state index in [0.29, 0.717) is 5.41 Å². The zero-order valence-corrected chi connectivity index (χ0v) is 11.6. The molecule has 0 aliphatic heterocycles. The number of hydrogen-bond acceptors (Lipinski definition) is 0. The fourth-order valence-electron chi connectivity index (χ4n) is 3.88. The van der Waals surface area contributed by atoms with Gasteiger partial charge in [-0.2, -0.15) is 0 Å². The molecule has 0 radical (unpaired) electrons. The molecular weight excluding hydrogens is 180 g/mol. The highest BCUT2D eigenvalue weighted by Crippen LogP contribution is 2.50. The standard InChI is InChI=1S/C15H30/c1-7-15(12(4)5)9-8-14(11(2)3)13(6)10-15/h11-14H,7-10H2,1-6H3. The Labute approximate surface area is 96.8 Å². The predicted molar refractivity (Wildman–Crippen MR) is 68.9 cm³/mol. The van der Waals surface area contributed by atoms with Gasteiger partial charge in [0.05, 0.1) is 0 Å². The summed E-state index contributed by atoms with van der Waals surface area (Å²) in [6, 6.07) is 0. The van der Waals surface area contributed by atoms with Crippen molar-refractivity contribution in [2.24, 2.45) is 29.1 Å². The maximum Gasteiger partial charge on any atom is -0.0274 e. The Kier molecular flexibility index (Phi) is 4.26. The van der Waals surface area contributed by atoms with Crippen molar-refractivity contribution in [1.82, 2.24) is 0 Å². The van der Waals surface area contributed by atoms with E-state index in [2.05, 4.69) is 41.5 Å². The largest absolute Gasteiger partial charge is 0.0648 e. The van der Waals surface area contributed by atoms with Crippen molar-refractivity contribution in [2.45, 2.75) is 67.2 Å². The van der Waals surface area contributed by atoms with Crippen LogP contribution >= 0.6 is 0 Å². The Morgan fingerprint density at radius 1 is 1.20 bits per heavy atom. The lowest BCUT2D eigenvalue weighted by Crippen LogP contribution is -2.37. The molecule has 0 heterocycles. The average Bonchev–Trinajstić information content (AvgIpc) is 2.16. The summed E-state index contributed by atoms with van der Waals surface area (Å²) in [5.74, 6) is 3.64. The molecule has 0 saturated heterocycles. The van der Waals surface area contributed by atoms with Gasteiger partial charge in [-0.25, -0.2) is 0 Å². The van der Waals surface area contributed by atoms with Crippen molar-refractivity contribution in [1.29, 1.82) is 0 Å². The van der Waals surface area contributed by atoms with Gasteiger partial charge >= 0.3 is 0 Å². The second-order valence-electron chi connectivity index (χ2n) is 6.50. The minimum absolute atomic E-state index is 0.658. The molecule has 1 fully saturated rings. The van der Waals surface area contributed by atoms with Gasteiger partial charge in [0.15, 0.2) is 0 Å². The zero-order valence-electron chi connectivity index (χ0n) is 11.6. The van der Waals surface area contributed by atoms with Crippen LogP contribution in [0.1, 0.15) is 67.2 Å². The van der Waals surface area contributed by atoms with Crippen LogP contribution in [0.3, 0.4) is 0 Å². The topological polar surface area (TPSA) is 0 Å². The summed E-state index contributed by atoms with van der Waals surface area (Å²) < 4.78 is 0. The van der Waals surface area contributed by atoms with E-state index in [1.54, 1.807) is 0 Å². The Hall–Kier alpha value is 0. The molecule has 0 aromatic heterocycles. The zero-order chi connectivity index (χ0) is 11.6. The maximum absolute atomic E-state index is 2.48. The predicted octanol–water partition coefficient (Wildman–Crippen LogP) is 5.13. The molecule has 1 rings (SSSR count). The van der Waals surface area contributed by atoms with Crippen LogP contribution in [-0.2, 0) is 0 Å². The third-order valence-electron chi connectivity index (χ3n) is 5.22. The first kappa shape index (κ1) is 13.1. The fourth-order valence-corrected chi connectivity index (χ4v) is 3.88. The molecule has 0 heteroatoms. The number of hydrogen-bond donors (Lipinski definition) is 0. The van der Waals surface area contributed by atoms with Gasteiger partial charge in [0.2, 0.25) is 0 Å². The molecule has 3 atom stereocenters. The first-order valence-electron chi connectivity index (χ1n) is 6.93. The van der Waals surface area contributed by atoms with Crippen molar-refractivity contribution in [3.63, 3.8) is 0 Å². The van der Waals surface area contributed by atoms with Crippen LogP contribution < -0.4 is 0 Å². The first-order valence-corrected chi connectivity index (χ1v) is 6.93. The average molecular weight is 210 g/mol. The highest BCUT2D eigenvalue weighted by molar-refractivity contribution is 4.90. The molecule has 90 valence electrons. The minimum atomic E-state index is 0.658. The van der Waals surface area contributed by atoms with E-state index in [4.69, 9.17) is 0 Å². The minimum Gasteiger partial charge on any atom is -0.0648 e. The Balaban J connectivity index is 2.70.